The standard InChI is InChI=1S/C15H26N2O2/c1-19-14(18)15(6-4-7-15)12-16-9-10-17-8-3-2-5-13(17)11-16/h13H,2-12H2,1H3. The number of rotatable bonds is 3. The van der Waals surface area contributed by atoms with Crippen LogP contribution in [-0.2, 0) is 9.53 Å². The van der Waals surface area contributed by atoms with Crippen LogP contribution < -0.4 is 0 Å². The fraction of sp³-hybridized carbons (Fsp3) is 0.933. The third kappa shape index (κ3) is 2.52. The number of hydrogen-bond donors (Lipinski definition) is 0. The van der Waals surface area contributed by atoms with E-state index in [0.29, 0.717) is 0 Å². The lowest BCUT2D eigenvalue weighted by molar-refractivity contribution is -0.161. The van der Waals surface area contributed by atoms with Crippen molar-refractivity contribution in [2.45, 2.75) is 44.6 Å². The average Bonchev–Trinajstić information content (AvgIpc) is 2.42. The van der Waals surface area contributed by atoms with Crippen molar-refractivity contribution in [3.8, 4) is 0 Å². The predicted molar refractivity (Wildman–Crippen MR) is 74.0 cm³/mol. The first-order chi connectivity index (χ1) is 9.23. The van der Waals surface area contributed by atoms with Crippen molar-refractivity contribution in [3.63, 3.8) is 0 Å². The summed E-state index contributed by atoms with van der Waals surface area (Å²) in [5.41, 5.74) is -0.175. The number of fused-ring (bicyclic) bond motifs is 1. The molecule has 4 nitrogen and oxygen atoms in total. The van der Waals surface area contributed by atoms with Crippen LogP contribution in [0, 0.1) is 5.41 Å². The Labute approximate surface area is 116 Å². The van der Waals surface area contributed by atoms with Gasteiger partial charge in [0.2, 0.25) is 0 Å². The van der Waals surface area contributed by atoms with E-state index >= 15 is 0 Å². The van der Waals surface area contributed by atoms with Crippen molar-refractivity contribution < 1.29 is 9.53 Å². The molecule has 1 aliphatic carbocycles. The van der Waals surface area contributed by atoms with E-state index in [0.717, 1.165) is 38.5 Å². The maximum Gasteiger partial charge on any atom is 0.313 e. The molecule has 2 aliphatic heterocycles. The summed E-state index contributed by atoms with van der Waals surface area (Å²) in [6, 6.07) is 0.734. The Hall–Kier alpha value is -0.610. The number of carbonyl (C=O) groups is 1. The van der Waals surface area contributed by atoms with Gasteiger partial charge in [-0.1, -0.05) is 12.8 Å². The zero-order valence-corrected chi connectivity index (χ0v) is 12.1. The van der Waals surface area contributed by atoms with Crippen LogP contribution in [0.4, 0.5) is 0 Å². The second-order valence-corrected chi connectivity index (χ2v) is 6.55. The number of piperidine rings is 1. The van der Waals surface area contributed by atoms with Crippen LogP contribution in [0.5, 0.6) is 0 Å². The molecule has 0 N–H and O–H groups in total. The summed E-state index contributed by atoms with van der Waals surface area (Å²) in [5.74, 6) is 0.0184. The van der Waals surface area contributed by atoms with E-state index in [4.69, 9.17) is 4.74 Å². The van der Waals surface area contributed by atoms with Crippen LogP contribution in [0.15, 0.2) is 0 Å². The smallest absolute Gasteiger partial charge is 0.313 e. The third-order valence-corrected chi connectivity index (χ3v) is 5.38. The molecule has 1 atom stereocenters. The lowest BCUT2D eigenvalue weighted by atomic mass is 9.68. The van der Waals surface area contributed by atoms with Crippen LogP contribution in [0.3, 0.4) is 0 Å². The maximum atomic E-state index is 12.0. The number of carbonyl (C=O) groups excluding carboxylic acids is 1. The van der Waals surface area contributed by atoms with Gasteiger partial charge >= 0.3 is 5.97 Å². The van der Waals surface area contributed by atoms with E-state index in [9.17, 15) is 4.79 Å². The molecule has 1 unspecified atom stereocenters. The molecule has 0 amide bonds. The monoisotopic (exact) mass is 266 g/mol. The highest BCUT2D eigenvalue weighted by molar-refractivity contribution is 5.78. The number of piperazine rings is 1. The largest absolute Gasteiger partial charge is 0.469 e. The van der Waals surface area contributed by atoms with E-state index in [1.165, 1.54) is 45.9 Å². The minimum atomic E-state index is -0.175. The van der Waals surface area contributed by atoms with Gasteiger partial charge in [0.15, 0.2) is 0 Å². The fourth-order valence-electron chi connectivity index (χ4n) is 4.04. The third-order valence-electron chi connectivity index (χ3n) is 5.38. The van der Waals surface area contributed by atoms with Crippen molar-refractivity contribution >= 4 is 5.97 Å². The Kier molecular flexibility index (Phi) is 3.81. The molecule has 4 heteroatoms. The summed E-state index contributed by atoms with van der Waals surface area (Å²) in [4.78, 5) is 17.2. The maximum absolute atomic E-state index is 12.0. The van der Waals surface area contributed by atoms with E-state index in [1.807, 2.05) is 0 Å². The molecule has 3 rings (SSSR count). The van der Waals surface area contributed by atoms with Crippen molar-refractivity contribution in [2.75, 3.05) is 39.8 Å². The van der Waals surface area contributed by atoms with E-state index in [2.05, 4.69) is 9.80 Å². The van der Waals surface area contributed by atoms with Gasteiger partial charge in [-0.2, -0.15) is 0 Å². The van der Waals surface area contributed by atoms with Gasteiger partial charge in [-0.05, 0) is 32.2 Å². The summed E-state index contributed by atoms with van der Waals surface area (Å²) < 4.78 is 5.03. The zero-order chi connectivity index (χ0) is 13.3. The van der Waals surface area contributed by atoms with Crippen LogP contribution in [0.25, 0.3) is 0 Å². The SMILES string of the molecule is COC(=O)C1(CN2CCN3CCCCC3C2)CCC1. The molecule has 108 valence electrons. The first-order valence-corrected chi connectivity index (χ1v) is 7.78. The van der Waals surface area contributed by atoms with Gasteiger partial charge in [-0.15, -0.1) is 0 Å². The highest BCUT2D eigenvalue weighted by atomic mass is 16.5. The van der Waals surface area contributed by atoms with Crippen molar-refractivity contribution in [1.82, 2.24) is 9.80 Å². The number of hydrogen-bond acceptors (Lipinski definition) is 4. The minimum absolute atomic E-state index is 0.0184. The fourth-order valence-corrected chi connectivity index (χ4v) is 4.04. The lowest BCUT2D eigenvalue weighted by Crippen LogP contribution is -2.58. The molecule has 2 saturated heterocycles. The summed E-state index contributed by atoms with van der Waals surface area (Å²) in [6.07, 6.45) is 7.29. The van der Waals surface area contributed by atoms with Gasteiger partial charge in [-0.3, -0.25) is 14.6 Å². The Morgan fingerprint density at radius 1 is 1.21 bits per heavy atom. The second-order valence-electron chi connectivity index (χ2n) is 6.55. The zero-order valence-electron chi connectivity index (χ0n) is 12.1. The molecule has 0 aromatic heterocycles. The Morgan fingerprint density at radius 3 is 2.74 bits per heavy atom. The number of ether oxygens (including phenoxy) is 1. The number of esters is 1. The van der Waals surface area contributed by atoms with Gasteiger partial charge in [0.1, 0.15) is 0 Å². The molecule has 3 fully saturated rings. The van der Waals surface area contributed by atoms with Gasteiger partial charge in [0, 0.05) is 32.2 Å². The molecular weight excluding hydrogens is 240 g/mol. The topological polar surface area (TPSA) is 32.8 Å². The quantitative estimate of drug-likeness (QED) is 0.725. The second kappa shape index (κ2) is 5.41. The van der Waals surface area contributed by atoms with E-state index in [-0.39, 0.29) is 11.4 Å². The average molecular weight is 266 g/mol. The molecule has 0 aromatic rings. The summed E-state index contributed by atoms with van der Waals surface area (Å²) in [6.45, 7) is 5.65. The molecule has 0 radical (unpaired) electrons. The van der Waals surface area contributed by atoms with Crippen molar-refractivity contribution in [1.29, 1.82) is 0 Å². The first-order valence-electron chi connectivity index (χ1n) is 7.78. The van der Waals surface area contributed by atoms with Crippen molar-refractivity contribution in [2.24, 2.45) is 5.41 Å². The Balaban J connectivity index is 1.59. The highest BCUT2D eigenvalue weighted by Crippen LogP contribution is 2.43. The normalized spacial score (nSPS) is 31.3. The van der Waals surface area contributed by atoms with Gasteiger partial charge in [0.05, 0.1) is 12.5 Å². The molecule has 0 spiro atoms. The number of methoxy groups -OCH3 is 1. The minimum Gasteiger partial charge on any atom is -0.469 e. The Morgan fingerprint density at radius 2 is 2.05 bits per heavy atom. The first kappa shape index (κ1) is 13.4. The molecule has 0 aromatic carbocycles. The molecule has 19 heavy (non-hydrogen) atoms. The van der Waals surface area contributed by atoms with Crippen LogP contribution in [0.2, 0.25) is 0 Å². The predicted octanol–water partition coefficient (Wildman–Crippen LogP) is 1.50. The van der Waals surface area contributed by atoms with Crippen LogP contribution in [-0.4, -0.2) is 61.6 Å². The molecule has 2 heterocycles. The van der Waals surface area contributed by atoms with Crippen molar-refractivity contribution in [3.05, 3.63) is 0 Å². The number of nitrogens with zero attached hydrogens (tertiary/aromatic N) is 2. The highest BCUT2D eigenvalue weighted by Gasteiger charge is 2.47. The molecule has 1 saturated carbocycles. The molecule has 3 aliphatic rings. The summed E-state index contributed by atoms with van der Waals surface area (Å²) >= 11 is 0. The summed E-state index contributed by atoms with van der Waals surface area (Å²) in [7, 11) is 1.53. The van der Waals surface area contributed by atoms with Gasteiger partial charge in [-0.25, -0.2) is 0 Å². The van der Waals surface area contributed by atoms with Gasteiger partial charge in [0.25, 0.3) is 0 Å². The van der Waals surface area contributed by atoms with Crippen LogP contribution >= 0.6 is 0 Å². The van der Waals surface area contributed by atoms with E-state index < -0.39 is 0 Å². The Bertz CT molecular complexity index is 341. The van der Waals surface area contributed by atoms with E-state index in [1.54, 1.807) is 0 Å². The van der Waals surface area contributed by atoms with Gasteiger partial charge < -0.3 is 4.74 Å². The van der Waals surface area contributed by atoms with Crippen LogP contribution in [0.1, 0.15) is 38.5 Å². The molecular formula is C15H26N2O2. The molecule has 0 bridgehead atoms. The summed E-state index contributed by atoms with van der Waals surface area (Å²) in [5, 5.41) is 0. The lowest BCUT2D eigenvalue weighted by Gasteiger charge is -2.48.